The molecule has 7 heteroatoms. The van der Waals surface area contributed by atoms with Gasteiger partial charge in [-0.15, -0.1) is 0 Å². The Kier molecular flexibility index (Phi) is 4.19. The second-order valence-corrected chi connectivity index (χ2v) is 4.91. The molecule has 0 aliphatic carbocycles. The van der Waals surface area contributed by atoms with E-state index in [9.17, 15) is 13.8 Å². The number of rotatable bonds is 4. The van der Waals surface area contributed by atoms with E-state index in [-0.39, 0.29) is 12.1 Å². The summed E-state index contributed by atoms with van der Waals surface area (Å²) in [5.41, 5.74) is -1.40. The van der Waals surface area contributed by atoms with E-state index in [0.717, 1.165) is 0 Å². The Morgan fingerprint density at radius 3 is 2.81 bits per heavy atom. The fourth-order valence-electron chi connectivity index (χ4n) is 1.10. The van der Waals surface area contributed by atoms with Gasteiger partial charge in [-0.2, -0.15) is 5.26 Å². The first-order chi connectivity index (χ1) is 7.58. The van der Waals surface area contributed by atoms with Crippen LogP contribution in [0.15, 0.2) is 15.8 Å². The first kappa shape index (κ1) is 12.4. The van der Waals surface area contributed by atoms with E-state index in [1.54, 1.807) is 13.0 Å². The van der Waals surface area contributed by atoms with Gasteiger partial charge in [0, 0.05) is 35.0 Å². The number of hydrogen-bond donors (Lipinski definition) is 1. The highest BCUT2D eigenvalue weighted by molar-refractivity contribution is 7.84. The Balaban J connectivity index is 2.98. The fraction of sp³-hybridized carbons (Fsp3) is 0.444. The summed E-state index contributed by atoms with van der Waals surface area (Å²) in [6.07, 6.45) is 1.19. The van der Waals surface area contributed by atoms with Crippen molar-refractivity contribution in [2.75, 3.05) is 11.5 Å². The van der Waals surface area contributed by atoms with Crippen LogP contribution < -0.4 is 11.2 Å². The predicted molar refractivity (Wildman–Crippen MR) is 59.6 cm³/mol. The minimum Gasteiger partial charge on any atom is -0.298 e. The van der Waals surface area contributed by atoms with Crippen LogP contribution in [0, 0.1) is 11.3 Å². The van der Waals surface area contributed by atoms with E-state index < -0.39 is 22.0 Å². The lowest BCUT2D eigenvalue weighted by molar-refractivity contribution is 0.661. The van der Waals surface area contributed by atoms with Crippen molar-refractivity contribution in [1.82, 2.24) is 9.55 Å². The van der Waals surface area contributed by atoms with Gasteiger partial charge >= 0.3 is 5.69 Å². The van der Waals surface area contributed by atoms with Crippen molar-refractivity contribution in [3.05, 3.63) is 32.6 Å². The summed E-state index contributed by atoms with van der Waals surface area (Å²) in [7, 11) is -0.984. The second kappa shape index (κ2) is 5.42. The molecule has 1 aromatic heterocycles. The number of nitrogens with zero attached hydrogens (tertiary/aromatic N) is 2. The van der Waals surface area contributed by atoms with Crippen LogP contribution in [0.1, 0.15) is 12.5 Å². The quantitative estimate of drug-likeness (QED) is 0.744. The van der Waals surface area contributed by atoms with Crippen LogP contribution in [-0.4, -0.2) is 25.3 Å². The smallest absolute Gasteiger partial charge is 0.298 e. The normalized spacial score (nSPS) is 12.0. The van der Waals surface area contributed by atoms with Gasteiger partial charge in [0.2, 0.25) is 0 Å². The van der Waals surface area contributed by atoms with Crippen LogP contribution in [0.25, 0.3) is 0 Å². The Bertz CT molecular complexity index is 552. The average molecular weight is 241 g/mol. The van der Waals surface area contributed by atoms with E-state index in [0.29, 0.717) is 11.5 Å². The molecular weight excluding hydrogens is 230 g/mol. The lowest BCUT2D eigenvalue weighted by atomic mass is 10.4. The Morgan fingerprint density at radius 2 is 2.25 bits per heavy atom. The lowest BCUT2D eigenvalue weighted by Crippen LogP contribution is -2.32. The van der Waals surface area contributed by atoms with Crippen molar-refractivity contribution < 1.29 is 4.21 Å². The molecule has 0 aliphatic heterocycles. The molecule has 0 bridgehead atoms. The van der Waals surface area contributed by atoms with Crippen LogP contribution in [0.5, 0.6) is 0 Å². The topological polar surface area (TPSA) is 95.7 Å². The lowest BCUT2D eigenvalue weighted by Gasteiger charge is -2.03. The Hall–Kier alpha value is -1.68. The maximum atomic E-state index is 11.3. The minimum absolute atomic E-state index is 0.123. The molecule has 1 heterocycles. The van der Waals surface area contributed by atoms with Gasteiger partial charge in [0.05, 0.1) is 0 Å². The van der Waals surface area contributed by atoms with E-state index in [2.05, 4.69) is 0 Å². The van der Waals surface area contributed by atoms with Crippen molar-refractivity contribution in [3.63, 3.8) is 0 Å². The van der Waals surface area contributed by atoms with Crippen molar-refractivity contribution in [1.29, 1.82) is 5.26 Å². The summed E-state index contributed by atoms with van der Waals surface area (Å²) in [5, 5.41) is 8.61. The van der Waals surface area contributed by atoms with Crippen LogP contribution in [0.4, 0.5) is 0 Å². The fourth-order valence-corrected chi connectivity index (χ4v) is 1.79. The van der Waals surface area contributed by atoms with Gasteiger partial charge in [0.25, 0.3) is 5.56 Å². The van der Waals surface area contributed by atoms with Crippen molar-refractivity contribution in [2.24, 2.45) is 0 Å². The van der Waals surface area contributed by atoms with E-state index in [1.165, 1.54) is 10.8 Å². The molecule has 0 aliphatic rings. The van der Waals surface area contributed by atoms with Gasteiger partial charge in [-0.25, -0.2) is 4.79 Å². The number of aromatic nitrogens is 2. The number of nitriles is 1. The zero-order chi connectivity index (χ0) is 12.1. The molecule has 1 unspecified atom stereocenters. The number of H-pyrrole nitrogens is 1. The average Bonchev–Trinajstić information content (AvgIpc) is 2.27. The van der Waals surface area contributed by atoms with Crippen molar-refractivity contribution in [2.45, 2.75) is 13.5 Å². The predicted octanol–water partition coefficient (Wildman–Crippen LogP) is -0.823. The van der Waals surface area contributed by atoms with Crippen molar-refractivity contribution in [3.8, 4) is 6.07 Å². The third kappa shape index (κ3) is 2.90. The third-order valence-corrected chi connectivity index (χ3v) is 3.30. The maximum absolute atomic E-state index is 11.3. The van der Waals surface area contributed by atoms with Crippen LogP contribution in [0.3, 0.4) is 0 Å². The van der Waals surface area contributed by atoms with Gasteiger partial charge in [0.1, 0.15) is 11.6 Å². The van der Waals surface area contributed by atoms with Crippen LogP contribution in [0.2, 0.25) is 0 Å². The van der Waals surface area contributed by atoms with E-state index >= 15 is 0 Å². The van der Waals surface area contributed by atoms with E-state index in [4.69, 9.17) is 5.26 Å². The molecular formula is C9H11N3O3S. The van der Waals surface area contributed by atoms with Gasteiger partial charge in [0.15, 0.2) is 0 Å². The maximum Gasteiger partial charge on any atom is 0.328 e. The summed E-state index contributed by atoms with van der Waals surface area (Å²) in [6, 6.07) is 1.69. The summed E-state index contributed by atoms with van der Waals surface area (Å²) in [6.45, 7) is 2.01. The molecule has 1 rings (SSSR count). The number of aromatic amines is 1. The van der Waals surface area contributed by atoms with Crippen molar-refractivity contribution >= 4 is 10.8 Å². The largest absolute Gasteiger partial charge is 0.328 e. The summed E-state index contributed by atoms with van der Waals surface area (Å²) >= 11 is 0. The molecule has 0 saturated carbocycles. The SMILES string of the molecule is CCS(=O)CCn1cc(C#N)c(=O)[nH]c1=O. The highest BCUT2D eigenvalue weighted by atomic mass is 32.2. The molecule has 0 radical (unpaired) electrons. The second-order valence-electron chi connectivity index (χ2n) is 3.04. The molecule has 6 nitrogen and oxygen atoms in total. The highest BCUT2D eigenvalue weighted by Gasteiger charge is 2.04. The molecule has 0 fully saturated rings. The van der Waals surface area contributed by atoms with E-state index in [1.807, 2.05) is 4.98 Å². The molecule has 16 heavy (non-hydrogen) atoms. The molecule has 0 spiro atoms. The summed E-state index contributed by atoms with van der Waals surface area (Å²) in [5.74, 6) is 0.844. The zero-order valence-corrected chi connectivity index (χ0v) is 9.54. The monoisotopic (exact) mass is 241 g/mol. The standard InChI is InChI=1S/C9H11N3O3S/c1-2-16(15)4-3-12-6-7(5-10)8(13)11-9(12)14/h6H,2-4H2,1H3,(H,11,13,14). The summed E-state index contributed by atoms with van der Waals surface area (Å²) in [4.78, 5) is 24.4. The third-order valence-electron chi connectivity index (χ3n) is 2.01. The molecule has 0 saturated heterocycles. The Labute approximate surface area is 94.0 Å². The molecule has 0 aromatic carbocycles. The van der Waals surface area contributed by atoms with Gasteiger partial charge in [-0.05, 0) is 0 Å². The summed E-state index contributed by atoms with van der Waals surface area (Å²) < 4.78 is 12.4. The molecule has 1 aromatic rings. The van der Waals surface area contributed by atoms with Crippen LogP contribution >= 0.6 is 0 Å². The number of hydrogen-bond acceptors (Lipinski definition) is 4. The molecule has 1 N–H and O–H groups in total. The first-order valence-corrected chi connectivity index (χ1v) is 6.16. The first-order valence-electron chi connectivity index (χ1n) is 4.67. The Morgan fingerprint density at radius 1 is 1.56 bits per heavy atom. The molecule has 0 amide bonds. The number of nitrogens with one attached hydrogen (secondary N) is 1. The highest BCUT2D eigenvalue weighted by Crippen LogP contribution is 1.88. The van der Waals surface area contributed by atoms with Crippen LogP contribution in [-0.2, 0) is 17.3 Å². The zero-order valence-electron chi connectivity index (χ0n) is 8.73. The minimum atomic E-state index is -0.984. The van der Waals surface area contributed by atoms with Gasteiger partial charge < -0.3 is 0 Å². The molecule has 1 atom stereocenters. The van der Waals surface area contributed by atoms with Gasteiger partial charge in [-0.1, -0.05) is 6.92 Å². The van der Waals surface area contributed by atoms with Gasteiger partial charge in [-0.3, -0.25) is 18.6 Å². The molecule has 86 valence electrons. The number of aryl methyl sites for hydroxylation is 1.